The van der Waals surface area contributed by atoms with Crippen LogP contribution in [0.25, 0.3) is 6.08 Å². The molecule has 0 bridgehead atoms. The van der Waals surface area contributed by atoms with E-state index in [1.54, 1.807) is 18.2 Å². The molecule has 0 aliphatic carbocycles. The molecule has 0 spiro atoms. The van der Waals surface area contributed by atoms with Crippen molar-refractivity contribution >= 4 is 33.6 Å². The molecule has 0 unspecified atom stereocenters. The zero-order chi connectivity index (χ0) is 18.6. The molecule has 2 aromatic rings. The van der Waals surface area contributed by atoms with Crippen LogP contribution in [-0.4, -0.2) is 18.1 Å². The first-order chi connectivity index (χ1) is 11.8. The summed E-state index contributed by atoms with van der Waals surface area (Å²) in [7, 11) is 1.42. The zero-order valence-corrected chi connectivity index (χ0v) is 15.6. The van der Waals surface area contributed by atoms with Crippen LogP contribution in [0.15, 0.2) is 40.4 Å². The van der Waals surface area contributed by atoms with E-state index in [2.05, 4.69) is 21.2 Å². The molecule has 6 heteroatoms. The predicted molar refractivity (Wildman–Crippen MR) is 100 cm³/mol. The number of methoxy groups -OCH3 is 1. The molecule has 5 nitrogen and oxygen atoms in total. The van der Waals surface area contributed by atoms with Crippen molar-refractivity contribution in [3.05, 3.63) is 57.1 Å². The number of carbonyl (C=O) groups excluding carboxylic acids is 1. The standard InChI is InChI=1S/C19H17BrN2O3/c1-11-4-5-16(12(2)6-11)22-19(24)14(10-21)7-13-8-15(20)18(23)17(9-13)25-3/h4-9,23H,1-3H3,(H,22,24). The Bertz CT molecular complexity index is 898. The number of aromatic hydroxyl groups is 1. The molecule has 0 saturated carbocycles. The lowest BCUT2D eigenvalue weighted by Gasteiger charge is -2.09. The number of amides is 1. The van der Waals surface area contributed by atoms with Gasteiger partial charge in [-0.3, -0.25) is 4.79 Å². The van der Waals surface area contributed by atoms with Crippen LogP contribution in [0, 0.1) is 25.2 Å². The second-order valence-electron chi connectivity index (χ2n) is 5.50. The minimum atomic E-state index is -0.502. The monoisotopic (exact) mass is 400 g/mol. The summed E-state index contributed by atoms with van der Waals surface area (Å²) in [6.45, 7) is 3.86. The van der Waals surface area contributed by atoms with E-state index >= 15 is 0 Å². The van der Waals surface area contributed by atoms with Crippen molar-refractivity contribution in [2.75, 3.05) is 12.4 Å². The average Bonchev–Trinajstić information content (AvgIpc) is 2.57. The van der Waals surface area contributed by atoms with Crippen molar-refractivity contribution in [2.45, 2.75) is 13.8 Å². The summed E-state index contributed by atoms with van der Waals surface area (Å²) < 4.78 is 5.48. The van der Waals surface area contributed by atoms with Gasteiger partial charge in [-0.1, -0.05) is 17.7 Å². The normalized spacial score (nSPS) is 10.9. The molecule has 0 heterocycles. The first kappa shape index (κ1) is 18.6. The van der Waals surface area contributed by atoms with Crippen molar-refractivity contribution in [3.63, 3.8) is 0 Å². The third-order valence-corrected chi connectivity index (χ3v) is 4.18. The van der Waals surface area contributed by atoms with Crippen LogP contribution in [0.4, 0.5) is 5.69 Å². The van der Waals surface area contributed by atoms with Crippen molar-refractivity contribution in [1.82, 2.24) is 0 Å². The number of nitriles is 1. The highest BCUT2D eigenvalue weighted by Crippen LogP contribution is 2.35. The van der Waals surface area contributed by atoms with E-state index in [4.69, 9.17) is 4.74 Å². The molecule has 128 valence electrons. The van der Waals surface area contributed by atoms with Crippen molar-refractivity contribution in [3.8, 4) is 17.6 Å². The average molecular weight is 401 g/mol. The smallest absolute Gasteiger partial charge is 0.266 e. The van der Waals surface area contributed by atoms with Crippen LogP contribution in [-0.2, 0) is 4.79 Å². The van der Waals surface area contributed by atoms with E-state index in [0.29, 0.717) is 15.7 Å². The summed E-state index contributed by atoms with van der Waals surface area (Å²) in [4.78, 5) is 12.4. The number of nitrogens with one attached hydrogen (secondary N) is 1. The first-order valence-electron chi connectivity index (χ1n) is 7.42. The van der Waals surface area contributed by atoms with Gasteiger partial charge < -0.3 is 15.2 Å². The molecule has 0 aliphatic heterocycles. The van der Waals surface area contributed by atoms with E-state index in [1.165, 1.54) is 13.2 Å². The molecule has 2 aromatic carbocycles. The lowest BCUT2D eigenvalue weighted by molar-refractivity contribution is -0.112. The highest BCUT2D eigenvalue weighted by molar-refractivity contribution is 9.10. The van der Waals surface area contributed by atoms with Gasteiger partial charge in [0.1, 0.15) is 11.6 Å². The van der Waals surface area contributed by atoms with Crippen LogP contribution >= 0.6 is 15.9 Å². The largest absolute Gasteiger partial charge is 0.503 e. The lowest BCUT2D eigenvalue weighted by atomic mass is 10.1. The van der Waals surface area contributed by atoms with Crippen molar-refractivity contribution in [2.24, 2.45) is 0 Å². The Balaban J connectivity index is 2.32. The highest BCUT2D eigenvalue weighted by Gasteiger charge is 2.13. The fourth-order valence-corrected chi connectivity index (χ4v) is 2.75. The quantitative estimate of drug-likeness (QED) is 0.590. The number of phenolic OH excluding ortho intramolecular Hbond substituents is 1. The third kappa shape index (κ3) is 4.40. The summed E-state index contributed by atoms with van der Waals surface area (Å²) in [6.07, 6.45) is 1.44. The summed E-state index contributed by atoms with van der Waals surface area (Å²) in [5, 5.41) is 21.9. The van der Waals surface area contributed by atoms with Crippen LogP contribution < -0.4 is 10.1 Å². The highest BCUT2D eigenvalue weighted by atomic mass is 79.9. The summed E-state index contributed by atoms with van der Waals surface area (Å²) in [5.41, 5.74) is 3.15. The Labute approximate surface area is 154 Å². The fourth-order valence-electron chi connectivity index (χ4n) is 2.29. The van der Waals surface area contributed by atoms with Crippen molar-refractivity contribution < 1.29 is 14.6 Å². The van der Waals surface area contributed by atoms with Gasteiger partial charge in [-0.2, -0.15) is 5.26 Å². The van der Waals surface area contributed by atoms with E-state index in [1.807, 2.05) is 32.0 Å². The molecule has 0 atom stereocenters. The summed E-state index contributed by atoms with van der Waals surface area (Å²) in [5.74, 6) is -0.303. The maximum Gasteiger partial charge on any atom is 0.266 e. The molecule has 0 radical (unpaired) electrons. The summed E-state index contributed by atoms with van der Waals surface area (Å²) in [6, 6.07) is 10.7. The second-order valence-corrected chi connectivity index (χ2v) is 6.35. The van der Waals surface area contributed by atoms with Crippen molar-refractivity contribution in [1.29, 1.82) is 5.26 Å². The van der Waals surface area contributed by atoms with Gasteiger partial charge in [0.2, 0.25) is 0 Å². The van der Waals surface area contributed by atoms with Gasteiger partial charge in [-0.15, -0.1) is 0 Å². The number of nitrogens with zero attached hydrogens (tertiary/aromatic N) is 1. The Hall–Kier alpha value is -2.78. The SMILES string of the molecule is COc1cc(C=C(C#N)C(=O)Nc2ccc(C)cc2C)cc(Br)c1O. The maximum atomic E-state index is 12.4. The number of halogens is 1. The Morgan fingerprint density at radius 3 is 2.64 bits per heavy atom. The minimum Gasteiger partial charge on any atom is -0.503 e. The van der Waals surface area contributed by atoms with E-state index < -0.39 is 5.91 Å². The molecular formula is C19H17BrN2O3. The predicted octanol–water partition coefficient (Wildman–Crippen LogP) is 4.33. The molecule has 0 saturated heterocycles. The van der Waals surface area contributed by atoms with Gasteiger partial charge in [-0.25, -0.2) is 0 Å². The van der Waals surface area contributed by atoms with E-state index in [9.17, 15) is 15.2 Å². The maximum absolute atomic E-state index is 12.4. The fraction of sp³-hybridized carbons (Fsp3) is 0.158. The molecular weight excluding hydrogens is 384 g/mol. The molecule has 2 rings (SSSR count). The Morgan fingerprint density at radius 1 is 1.32 bits per heavy atom. The van der Waals surface area contributed by atoms with E-state index in [-0.39, 0.29) is 17.1 Å². The lowest BCUT2D eigenvalue weighted by Crippen LogP contribution is -2.14. The number of benzene rings is 2. The van der Waals surface area contributed by atoms with Gasteiger partial charge in [-0.05, 0) is 65.2 Å². The number of hydrogen-bond acceptors (Lipinski definition) is 4. The number of hydrogen-bond donors (Lipinski definition) is 2. The Morgan fingerprint density at radius 2 is 2.04 bits per heavy atom. The minimum absolute atomic E-state index is 0.0436. The number of anilines is 1. The van der Waals surface area contributed by atoms with E-state index in [0.717, 1.165) is 11.1 Å². The van der Waals surface area contributed by atoms with Gasteiger partial charge >= 0.3 is 0 Å². The number of ether oxygens (including phenoxy) is 1. The van der Waals surface area contributed by atoms with Crippen LogP contribution in [0.2, 0.25) is 0 Å². The Kier molecular flexibility index (Phi) is 5.84. The zero-order valence-electron chi connectivity index (χ0n) is 14.1. The number of rotatable bonds is 4. The second kappa shape index (κ2) is 7.86. The summed E-state index contributed by atoms with van der Waals surface area (Å²) >= 11 is 3.21. The van der Waals surface area contributed by atoms with Crippen LogP contribution in [0.5, 0.6) is 11.5 Å². The molecule has 0 aliphatic rings. The number of phenols is 1. The van der Waals surface area contributed by atoms with Crippen LogP contribution in [0.1, 0.15) is 16.7 Å². The van der Waals surface area contributed by atoms with Gasteiger partial charge in [0.05, 0.1) is 11.6 Å². The molecule has 1 amide bonds. The van der Waals surface area contributed by atoms with Gasteiger partial charge in [0.25, 0.3) is 5.91 Å². The van der Waals surface area contributed by atoms with Gasteiger partial charge in [0, 0.05) is 5.69 Å². The van der Waals surface area contributed by atoms with Gasteiger partial charge in [0.15, 0.2) is 11.5 Å². The molecule has 2 N–H and O–H groups in total. The molecule has 0 fully saturated rings. The number of carbonyl (C=O) groups is 1. The topological polar surface area (TPSA) is 82.3 Å². The third-order valence-electron chi connectivity index (χ3n) is 3.58. The first-order valence-corrected chi connectivity index (χ1v) is 8.22. The molecule has 25 heavy (non-hydrogen) atoms. The van der Waals surface area contributed by atoms with Crippen LogP contribution in [0.3, 0.4) is 0 Å². The molecule has 0 aromatic heterocycles. The number of aryl methyl sites for hydroxylation is 2.